The Labute approximate surface area is 198 Å². The number of amides is 1. The van der Waals surface area contributed by atoms with Crippen LogP contribution in [0.1, 0.15) is 60.0 Å². The average molecular weight is 466 g/mol. The van der Waals surface area contributed by atoms with Gasteiger partial charge in [0.25, 0.3) is 0 Å². The summed E-state index contributed by atoms with van der Waals surface area (Å²) in [7, 11) is 0. The number of aliphatic hydroxyl groups is 1. The van der Waals surface area contributed by atoms with Gasteiger partial charge in [-0.3, -0.25) is 4.79 Å². The van der Waals surface area contributed by atoms with Crippen LogP contribution in [0.25, 0.3) is 5.69 Å². The Morgan fingerprint density at radius 3 is 2.50 bits per heavy atom. The minimum atomic E-state index is -0.742. The maximum absolute atomic E-state index is 13.8. The number of imidazole rings is 1. The molecule has 1 aliphatic heterocycles. The molecule has 5 nitrogen and oxygen atoms in total. The first-order valence-corrected chi connectivity index (χ1v) is 11.8. The second kappa shape index (κ2) is 8.62. The van der Waals surface area contributed by atoms with Crippen LogP contribution >= 0.6 is 0 Å². The molecule has 2 aliphatic rings. The SMILES string of the molecule is Cc1cn(-c2ccc(C3CC4(CCCN(C(CO)c5cc(F)cc(F)c5)C4=O)C3)cc2C)cn1. The van der Waals surface area contributed by atoms with Gasteiger partial charge >= 0.3 is 0 Å². The van der Waals surface area contributed by atoms with Crippen molar-refractivity contribution in [2.75, 3.05) is 13.2 Å². The molecule has 1 amide bonds. The van der Waals surface area contributed by atoms with Crippen molar-refractivity contribution < 1.29 is 18.7 Å². The molecule has 1 aliphatic carbocycles. The normalized spacial score (nSPS) is 23.3. The summed E-state index contributed by atoms with van der Waals surface area (Å²) in [6.45, 7) is 4.15. The molecular formula is C27H29F2N3O2. The Bertz CT molecular complexity index is 1210. The fourth-order valence-electron chi connectivity index (χ4n) is 5.82. The first kappa shape index (κ1) is 22.7. The van der Waals surface area contributed by atoms with Crippen molar-refractivity contribution in [2.24, 2.45) is 5.41 Å². The van der Waals surface area contributed by atoms with Crippen molar-refractivity contribution in [3.05, 3.63) is 82.9 Å². The predicted octanol–water partition coefficient (Wildman–Crippen LogP) is 4.99. The number of aromatic nitrogens is 2. The molecule has 2 heterocycles. The lowest BCUT2D eigenvalue weighted by Crippen LogP contribution is -2.55. The smallest absolute Gasteiger partial charge is 0.229 e. The molecule has 34 heavy (non-hydrogen) atoms. The minimum Gasteiger partial charge on any atom is -0.394 e. The van der Waals surface area contributed by atoms with E-state index < -0.39 is 23.1 Å². The van der Waals surface area contributed by atoms with Crippen LogP contribution in [0.2, 0.25) is 0 Å². The van der Waals surface area contributed by atoms with E-state index in [0.717, 1.165) is 48.7 Å². The number of nitrogens with zero attached hydrogens (tertiary/aromatic N) is 3. The van der Waals surface area contributed by atoms with E-state index >= 15 is 0 Å². The monoisotopic (exact) mass is 465 g/mol. The van der Waals surface area contributed by atoms with Gasteiger partial charge in [0.1, 0.15) is 11.6 Å². The van der Waals surface area contributed by atoms with Crippen molar-refractivity contribution in [1.29, 1.82) is 0 Å². The number of likely N-dealkylation sites (tertiary alicyclic amines) is 1. The molecule has 2 aromatic carbocycles. The second-order valence-electron chi connectivity index (χ2n) is 9.86. The van der Waals surface area contributed by atoms with Gasteiger partial charge in [-0.05, 0) is 80.3 Å². The molecule has 1 saturated carbocycles. The maximum atomic E-state index is 13.8. The summed E-state index contributed by atoms with van der Waals surface area (Å²) in [5.74, 6) is -1.14. The van der Waals surface area contributed by atoms with Crippen LogP contribution in [0.3, 0.4) is 0 Å². The van der Waals surface area contributed by atoms with E-state index in [1.807, 2.05) is 24.0 Å². The standard InChI is InChI=1S/C27H29F2N3O2/c1-17-8-19(4-5-24(17)31-14-18(2)30-16-31)21-12-27(13-21)6-3-7-32(26(27)34)25(15-33)20-9-22(28)11-23(29)10-20/h4-5,8-11,14,16,21,25,33H,3,6-7,12-13,15H2,1-2H3. The van der Waals surface area contributed by atoms with E-state index in [1.54, 1.807) is 4.90 Å². The lowest BCUT2D eigenvalue weighted by molar-refractivity contribution is -0.158. The first-order chi connectivity index (χ1) is 16.3. The highest BCUT2D eigenvalue weighted by Crippen LogP contribution is 2.57. The van der Waals surface area contributed by atoms with Crippen LogP contribution in [-0.2, 0) is 4.79 Å². The molecule has 1 aromatic heterocycles. The van der Waals surface area contributed by atoms with E-state index in [1.165, 1.54) is 17.7 Å². The summed E-state index contributed by atoms with van der Waals surface area (Å²) in [6.07, 6.45) is 6.93. The van der Waals surface area contributed by atoms with Crippen molar-refractivity contribution in [1.82, 2.24) is 14.5 Å². The highest BCUT2D eigenvalue weighted by atomic mass is 19.1. The van der Waals surface area contributed by atoms with Crippen LogP contribution in [0.4, 0.5) is 8.78 Å². The van der Waals surface area contributed by atoms with E-state index in [9.17, 15) is 18.7 Å². The van der Waals surface area contributed by atoms with Gasteiger partial charge in [-0.15, -0.1) is 0 Å². The lowest BCUT2D eigenvalue weighted by atomic mass is 9.56. The molecule has 2 fully saturated rings. The number of carbonyl (C=O) groups excluding carboxylic acids is 1. The molecule has 1 N–H and O–H groups in total. The summed E-state index contributed by atoms with van der Waals surface area (Å²) in [5.41, 5.74) is 4.26. The Morgan fingerprint density at radius 2 is 1.88 bits per heavy atom. The van der Waals surface area contributed by atoms with Gasteiger partial charge in [-0.2, -0.15) is 0 Å². The zero-order chi connectivity index (χ0) is 24.0. The molecule has 178 valence electrons. The Balaban J connectivity index is 1.33. The maximum Gasteiger partial charge on any atom is 0.229 e. The lowest BCUT2D eigenvalue weighted by Gasteiger charge is -2.53. The van der Waals surface area contributed by atoms with E-state index in [0.29, 0.717) is 18.0 Å². The summed E-state index contributed by atoms with van der Waals surface area (Å²) >= 11 is 0. The number of halogens is 2. The number of piperidine rings is 1. The van der Waals surface area contributed by atoms with Gasteiger partial charge in [-0.25, -0.2) is 13.8 Å². The Hall–Kier alpha value is -3.06. The third-order valence-corrected chi connectivity index (χ3v) is 7.54. The van der Waals surface area contributed by atoms with Gasteiger partial charge < -0.3 is 14.6 Å². The highest BCUT2D eigenvalue weighted by Gasteiger charge is 2.54. The minimum absolute atomic E-state index is 0.0130. The third kappa shape index (κ3) is 3.92. The van der Waals surface area contributed by atoms with E-state index in [2.05, 4.69) is 30.1 Å². The highest BCUT2D eigenvalue weighted by molar-refractivity contribution is 5.85. The average Bonchev–Trinajstić information content (AvgIpc) is 3.19. The van der Waals surface area contributed by atoms with Crippen LogP contribution in [0.15, 0.2) is 48.9 Å². The molecule has 1 saturated heterocycles. The number of rotatable bonds is 5. The van der Waals surface area contributed by atoms with Gasteiger partial charge in [0, 0.05) is 24.5 Å². The largest absolute Gasteiger partial charge is 0.394 e. The van der Waals surface area contributed by atoms with Gasteiger partial charge in [0.2, 0.25) is 5.91 Å². The van der Waals surface area contributed by atoms with Gasteiger partial charge in [-0.1, -0.05) is 12.1 Å². The van der Waals surface area contributed by atoms with E-state index in [-0.39, 0.29) is 12.5 Å². The Kier molecular flexibility index (Phi) is 5.76. The molecule has 0 radical (unpaired) electrons. The van der Waals surface area contributed by atoms with Crippen molar-refractivity contribution in [2.45, 2.75) is 51.5 Å². The molecule has 5 rings (SSSR count). The van der Waals surface area contributed by atoms with Crippen molar-refractivity contribution in [3.8, 4) is 5.69 Å². The Morgan fingerprint density at radius 1 is 1.15 bits per heavy atom. The van der Waals surface area contributed by atoms with Crippen LogP contribution in [0, 0.1) is 30.9 Å². The van der Waals surface area contributed by atoms with E-state index in [4.69, 9.17) is 0 Å². The molecule has 1 spiro atoms. The van der Waals surface area contributed by atoms with Crippen molar-refractivity contribution >= 4 is 5.91 Å². The number of aliphatic hydroxyl groups excluding tert-OH is 1. The number of carbonyl (C=O) groups is 1. The number of aryl methyl sites for hydroxylation is 2. The van der Waals surface area contributed by atoms with Crippen LogP contribution in [0.5, 0.6) is 0 Å². The predicted molar refractivity (Wildman–Crippen MR) is 125 cm³/mol. The zero-order valence-electron chi connectivity index (χ0n) is 19.5. The fraction of sp³-hybridized carbons (Fsp3) is 0.407. The molecule has 0 bridgehead atoms. The third-order valence-electron chi connectivity index (χ3n) is 7.54. The van der Waals surface area contributed by atoms with Crippen molar-refractivity contribution in [3.63, 3.8) is 0 Å². The molecule has 7 heteroatoms. The summed E-state index contributed by atoms with van der Waals surface area (Å²) in [5, 5.41) is 10.0. The number of hydrogen-bond donors (Lipinski definition) is 1. The molecule has 1 unspecified atom stereocenters. The second-order valence-corrected chi connectivity index (χ2v) is 9.86. The summed E-state index contributed by atoms with van der Waals surface area (Å²) in [4.78, 5) is 19.5. The summed E-state index contributed by atoms with van der Waals surface area (Å²) < 4.78 is 29.6. The van der Waals surface area contributed by atoms with Crippen LogP contribution < -0.4 is 0 Å². The fourth-order valence-corrected chi connectivity index (χ4v) is 5.82. The topological polar surface area (TPSA) is 58.4 Å². The van der Waals surface area contributed by atoms with Gasteiger partial charge in [0.05, 0.1) is 30.1 Å². The molecule has 1 atom stereocenters. The zero-order valence-corrected chi connectivity index (χ0v) is 19.5. The number of hydrogen-bond acceptors (Lipinski definition) is 3. The molecular weight excluding hydrogens is 436 g/mol. The number of benzene rings is 2. The first-order valence-electron chi connectivity index (χ1n) is 11.8. The quantitative estimate of drug-likeness (QED) is 0.578. The van der Waals surface area contributed by atoms with Crippen LogP contribution in [-0.4, -0.2) is 38.6 Å². The van der Waals surface area contributed by atoms with Gasteiger partial charge in [0.15, 0.2) is 0 Å². The summed E-state index contributed by atoms with van der Waals surface area (Å²) in [6, 6.07) is 8.89. The molecule has 3 aromatic rings.